The molecule has 0 bridgehead atoms. The summed E-state index contributed by atoms with van der Waals surface area (Å²) in [6.45, 7) is 0.812. The second kappa shape index (κ2) is 3.95. The van der Waals surface area contributed by atoms with Crippen LogP contribution in [-0.2, 0) is 0 Å². The third-order valence-corrected chi connectivity index (χ3v) is 3.52. The van der Waals surface area contributed by atoms with Crippen molar-refractivity contribution in [3.05, 3.63) is 0 Å². The fourth-order valence-corrected chi connectivity index (χ4v) is 2.57. The van der Waals surface area contributed by atoms with Gasteiger partial charge in [-0.15, -0.1) is 0 Å². The summed E-state index contributed by atoms with van der Waals surface area (Å²) >= 11 is 0. The predicted octanol–water partition coefficient (Wildman–Crippen LogP) is 0.227. The Kier molecular flexibility index (Phi) is 2.86. The van der Waals surface area contributed by atoms with Crippen LogP contribution < -0.4 is 11.1 Å². The van der Waals surface area contributed by atoms with Crippen LogP contribution in [0.2, 0.25) is 0 Å². The van der Waals surface area contributed by atoms with E-state index in [1.165, 1.54) is 19.3 Å². The first-order chi connectivity index (χ1) is 6.29. The Hall–Kier alpha value is -0.120. The van der Waals surface area contributed by atoms with E-state index in [9.17, 15) is 0 Å². The molecular formula is C10H20N2O. The van der Waals surface area contributed by atoms with E-state index in [1.54, 1.807) is 0 Å². The number of nitrogens with one attached hydrogen (secondary N) is 1. The first-order valence-corrected chi connectivity index (χ1v) is 5.43. The highest BCUT2D eigenvalue weighted by Crippen LogP contribution is 2.28. The Labute approximate surface area is 79.7 Å². The quantitative estimate of drug-likeness (QED) is 0.588. The molecule has 2 aliphatic rings. The van der Waals surface area contributed by atoms with Crippen molar-refractivity contribution in [2.75, 3.05) is 6.54 Å². The van der Waals surface area contributed by atoms with E-state index < -0.39 is 0 Å². The molecule has 4 N–H and O–H groups in total. The van der Waals surface area contributed by atoms with E-state index in [2.05, 4.69) is 5.32 Å². The van der Waals surface area contributed by atoms with Crippen molar-refractivity contribution in [3.8, 4) is 0 Å². The molecule has 0 heterocycles. The van der Waals surface area contributed by atoms with Gasteiger partial charge in [0, 0.05) is 12.1 Å². The number of nitrogens with two attached hydrogens (primary N) is 1. The molecule has 2 atom stereocenters. The number of aliphatic hydroxyl groups is 1. The zero-order chi connectivity index (χ0) is 9.26. The SMILES string of the molecule is NCC1CCCC1NC1CC(O)C1. The number of rotatable bonds is 3. The maximum atomic E-state index is 9.15. The molecule has 0 aromatic heterocycles. The summed E-state index contributed by atoms with van der Waals surface area (Å²) in [6.07, 6.45) is 5.70. The smallest absolute Gasteiger partial charge is 0.0570 e. The number of hydrogen-bond donors (Lipinski definition) is 3. The van der Waals surface area contributed by atoms with Crippen LogP contribution in [0.5, 0.6) is 0 Å². The zero-order valence-corrected chi connectivity index (χ0v) is 8.08. The van der Waals surface area contributed by atoms with Gasteiger partial charge in [0.05, 0.1) is 6.10 Å². The van der Waals surface area contributed by atoms with Gasteiger partial charge in [-0.25, -0.2) is 0 Å². The zero-order valence-electron chi connectivity index (χ0n) is 8.08. The summed E-state index contributed by atoms with van der Waals surface area (Å²) in [4.78, 5) is 0. The van der Waals surface area contributed by atoms with Gasteiger partial charge in [-0.3, -0.25) is 0 Å². The highest BCUT2D eigenvalue weighted by molar-refractivity contribution is 4.91. The largest absolute Gasteiger partial charge is 0.393 e. The molecule has 0 radical (unpaired) electrons. The minimum absolute atomic E-state index is 0.0461. The lowest BCUT2D eigenvalue weighted by Crippen LogP contribution is -2.50. The van der Waals surface area contributed by atoms with Crippen LogP contribution in [0.1, 0.15) is 32.1 Å². The van der Waals surface area contributed by atoms with Crippen molar-refractivity contribution in [3.63, 3.8) is 0 Å². The van der Waals surface area contributed by atoms with Gasteiger partial charge < -0.3 is 16.2 Å². The molecule has 0 aromatic carbocycles. The van der Waals surface area contributed by atoms with Gasteiger partial charge in [0.15, 0.2) is 0 Å². The van der Waals surface area contributed by atoms with Crippen molar-refractivity contribution < 1.29 is 5.11 Å². The van der Waals surface area contributed by atoms with Crippen LogP contribution in [0.25, 0.3) is 0 Å². The molecule has 2 unspecified atom stereocenters. The summed E-state index contributed by atoms with van der Waals surface area (Å²) in [5.74, 6) is 0.678. The van der Waals surface area contributed by atoms with E-state index in [4.69, 9.17) is 10.8 Å². The van der Waals surface area contributed by atoms with E-state index >= 15 is 0 Å². The standard InChI is InChI=1S/C10H20N2O/c11-6-7-2-1-3-10(7)12-8-4-9(13)5-8/h7-10,12-13H,1-6,11H2. The first kappa shape index (κ1) is 9.44. The molecule has 2 aliphatic carbocycles. The van der Waals surface area contributed by atoms with Crippen molar-refractivity contribution >= 4 is 0 Å². The molecule has 3 heteroatoms. The molecule has 0 spiro atoms. The Bertz CT molecular complexity index is 168. The molecular weight excluding hydrogens is 164 g/mol. The minimum Gasteiger partial charge on any atom is -0.393 e. The number of hydrogen-bond acceptors (Lipinski definition) is 3. The maximum absolute atomic E-state index is 9.15. The predicted molar refractivity (Wildman–Crippen MR) is 52.3 cm³/mol. The molecule has 0 amide bonds. The maximum Gasteiger partial charge on any atom is 0.0570 e. The molecule has 2 fully saturated rings. The summed E-state index contributed by atoms with van der Waals surface area (Å²) in [7, 11) is 0. The van der Waals surface area contributed by atoms with E-state index in [0.29, 0.717) is 18.0 Å². The summed E-state index contributed by atoms with van der Waals surface area (Å²) in [6, 6.07) is 1.19. The van der Waals surface area contributed by atoms with E-state index in [0.717, 1.165) is 19.4 Å². The third-order valence-electron chi connectivity index (χ3n) is 3.52. The molecule has 2 saturated carbocycles. The van der Waals surface area contributed by atoms with Crippen molar-refractivity contribution in [1.29, 1.82) is 0 Å². The first-order valence-electron chi connectivity index (χ1n) is 5.43. The van der Waals surface area contributed by atoms with Crippen molar-refractivity contribution in [2.24, 2.45) is 11.7 Å². The average Bonchev–Trinajstić information content (AvgIpc) is 2.49. The molecule has 13 heavy (non-hydrogen) atoms. The van der Waals surface area contributed by atoms with Crippen LogP contribution in [0, 0.1) is 5.92 Å². The Morgan fingerprint density at radius 2 is 2.08 bits per heavy atom. The van der Waals surface area contributed by atoms with E-state index in [-0.39, 0.29) is 6.10 Å². The fourth-order valence-electron chi connectivity index (χ4n) is 2.57. The lowest BCUT2D eigenvalue weighted by Gasteiger charge is -2.36. The topological polar surface area (TPSA) is 58.3 Å². The lowest BCUT2D eigenvalue weighted by molar-refractivity contribution is 0.0556. The van der Waals surface area contributed by atoms with Gasteiger partial charge in [0.1, 0.15) is 0 Å². The van der Waals surface area contributed by atoms with Gasteiger partial charge in [0.25, 0.3) is 0 Å². The van der Waals surface area contributed by atoms with Crippen LogP contribution >= 0.6 is 0 Å². The molecule has 76 valence electrons. The highest BCUT2D eigenvalue weighted by Gasteiger charge is 2.33. The second-order valence-electron chi connectivity index (χ2n) is 4.52. The van der Waals surface area contributed by atoms with Crippen LogP contribution in [-0.4, -0.2) is 29.8 Å². The normalized spacial score (nSPS) is 44.8. The van der Waals surface area contributed by atoms with Gasteiger partial charge in [-0.05, 0) is 38.1 Å². The molecule has 0 aromatic rings. The molecule has 0 saturated heterocycles. The summed E-state index contributed by atoms with van der Waals surface area (Å²) in [5, 5.41) is 12.8. The second-order valence-corrected chi connectivity index (χ2v) is 4.52. The fraction of sp³-hybridized carbons (Fsp3) is 1.00. The van der Waals surface area contributed by atoms with Crippen molar-refractivity contribution in [2.45, 2.75) is 50.3 Å². The van der Waals surface area contributed by atoms with Gasteiger partial charge in [-0.2, -0.15) is 0 Å². The Morgan fingerprint density at radius 1 is 1.31 bits per heavy atom. The molecule has 2 rings (SSSR count). The molecule has 3 nitrogen and oxygen atoms in total. The number of aliphatic hydroxyl groups excluding tert-OH is 1. The Balaban J connectivity index is 1.74. The van der Waals surface area contributed by atoms with Crippen molar-refractivity contribution in [1.82, 2.24) is 5.32 Å². The van der Waals surface area contributed by atoms with Gasteiger partial charge in [-0.1, -0.05) is 6.42 Å². The minimum atomic E-state index is -0.0461. The monoisotopic (exact) mass is 184 g/mol. The van der Waals surface area contributed by atoms with Gasteiger partial charge >= 0.3 is 0 Å². The van der Waals surface area contributed by atoms with Gasteiger partial charge in [0.2, 0.25) is 0 Å². The van der Waals surface area contributed by atoms with E-state index in [1.807, 2.05) is 0 Å². The highest BCUT2D eigenvalue weighted by atomic mass is 16.3. The Morgan fingerprint density at radius 3 is 2.69 bits per heavy atom. The average molecular weight is 184 g/mol. The molecule has 0 aliphatic heterocycles. The lowest BCUT2D eigenvalue weighted by atomic mass is 9.88. The summed E-state index contributed by atoms with van der Waals surface area (Å²) < 4.78 is 0. The third kappa shape index (κ3) is 2.03. The van der Waals surface area contributed by atoms with Crippen LogP contribution in [0.15, 0.2) is 0 Å². The van der Waals surface area contributed by atoms with Crippen LogP contribution in [0.4, 0.5) is 0 Å². The summed E-state index contributed by atoms with van der Waals surface area (Å²) in [5.41, 5.74) is 5.70. The van der Waals surface area contributed by atoms with Crippen LogP contribution in [0.3, 0.4) is 0 Å².